The fourth-order valence-electron chi connectivity index (χ4n) is 2.46. The first-order valence-electron chi connectivity index (χ1n) is 7.17. The maximum absolute atomic E-state index is 12.3. The largest absolute Gasteiger partial charge is 0.469 e. The van der Waals surface area contributed by atoms with Gasteiger partial charge in [0.2, 0.25) is 15.9 Å². The number of methoxy groups -OCH3 is 1. The lowest BCUT2D eigenvalue weighted by molar-refractivity contribution is -0.149. The Balaban J connectivity index is 2.63. The first-order chi connectivity index (χ1) is 9.80. The predicted molar refractivity (Wildman–Crippen MR) is 78.0 cm³/mol. The lowest BCUT2D eigenvalue weighted by Gasteiger charge is -2.33. The van der Waals surface area contributed by atoms with Gasteiger partial charge in [-0.1, -0.05) is 6.92 Å². The second-order valence-corrected chi connectivity index (χ2v) is 7.18. The van der Waals surface area contributed by atoms with E-state index in [0.717, 1.165) is 0 Å². The number of hydrogen-bond acceptors (Lipinski definition) is 5. The molecule has 1 aliphatic rings. The molecule has 2 unspecified atom stereocenters. The molecule has 0 aliphatic carbocycles. The van der Waals surface area contributed by atoms with Crippen molar-refractivity contribution in [2.24, 2.45) is 5.92 Å². The highest BCUT2D eigenvalue weighted by Crippen LogP contribution is 2.18. The summed E-state index contributed by atoms with van der Waals surface area (Å²) in [7, 11) is -2.11. The Labute approximate surface area is 126 Å². The third kappa shape index (κ3) is 5.28. The molecule has 1 fully saturated rings. The molecule has 1 saturated heterocycles. The van der Waals surface area contributed by atoms with Gasteiger partial charge in [-0.3, -0.25) is 9.59 Å². The monoisotopic (exact) mass is 320 g/mol. The Morgan fingerprint density at radius 3 is 2.67 bits per heavy atom. The van der Waals surface area contributed by atoms with Crippen molar-refractivity contribution in [2.75, 3.05) is 26.0 Å². The molecule has 0 saturated carbocycles. The van der Waals surface area contributed by atoms with E-state index in [0.29, 0.717) is 25.8 Å². The summed E-state index contributed by atoms with van der Waals surface area (Å²) in [5.41, 5.74) is 0. The number of esters is 1. The molecule has 1 aliphatic heterocycles. The highest BCUT2D eigenvalue weighted by Gasteiger charge is 2.31. The highest BCUT2D eigenvalue weighted by atomic mass is 32.2. The van der Waals surface area contributed by atoms with Crippen LogP contribution >= 0.6 is 0 Å². The zero-order valence-corrected chi connectivity index (χ0v) is 13.6. The van der Waals surface area contributed by atoms with Gasteiger partial charge >= 0.3 is 5.97 Å². The molecule has 8 heteroatoms. The van der Waals surface area contributed by atoms with Crippen LogP contribution in [0.3, 0.4) is 0 Å². The van der Waals surface area contributed by atoms with Gasteiger partial charge in [-0.15, -0.1) is 0 Å². The van der Waals surface area contributed by atoms with Crippen molar-refractivity contribution in [1.82, 2.24) is 9.62 Å². The van der Waals surface area contributed by atoms with Crippen LogP contribution in [-0.4, -0.2) is 57.2 Å². The van der Waals surface area contributed by atoms with E-state index in [2.05, 4.69) is 4.72 Å². The number of nitrogens with zero attached hydrogens (tertiary/aromatic N) is 1. The molecular formula is C13H24N2O5S. The number of hydrogen-bond donors (Lipinski definition) is 1. The van der Waals surface area contributed by atoms with Crippen molar-refractivity contribution in [3.63, 3.8) is 0 Å². The molecule has 0 aromatic rings. The van der Waals surface area contributed by atoms with Gasteiger partial charge in [-0.2, -0.15) is 0 Å². The van der Waals surface area contributed by atoms with Crippen LogP contribution < -0.4 is 4.72 Å². The van der Waals surface area contributed by atoms with Crippen molar-refractivity contribution in [1.29, 1.82) is 0 Å². The van der Waals surface area contributed by atoms with Gasteiger partial charge in [0, 0.05) is 13.1 Å². The summed E-state index contributed by atoms with van der Waals surface area (Å²) < 4.78 is 30.5. The lowest BCUT2D eigenvalue weighted by Crippen LogP contribution is -2.51. The van der Waals surface area contributed by atoms with Gasteiger partial charge in [0.25, 0.3) is 0 Å². The van der Waals surface area contributed by atoms with Gasteiger partial charge < -0.3 is 9.64 Å². The molecule has 0 bridgehead atoms. The smallest absolute Gasteiger partial charge is 0.310 e. The van der Waals surface area contributed by atoms with E-state index in [1.165, 1.54) is 18.9 Å². The number of rotatable bonds is 6. The zero-order chi connectivity index (χ0) is 16.0. The van der Waals surface area contributed by atoms with Crippen molar-refractivity contribution in [3.05, 3.63) is 0 Å². The van der Waals surface area contributed by atoms with Gasteiger partial charge in [-0.25, -0.2) is 13.1 Å². The molecule has 0 radical (unpaired) electrons. The number of nitrogens with one attached hydrogen (secondary N) is 1. The summed E-state index contributed by atoms with van der Waals surface area (Å²) in [6.07, 6.45) is 1.89. The standard InChI is InChI=1S/C13H24N2O5S/c1-4-8-21(18,19)14-10(2)12(16)15-7-5-6-11(9-15)13(17)20-3/h10-11,14H,4-9H2,1-3H3. The molecule has 0 spiro atoms. The normalized spacial score (nSPS) is 20.9. The minimum absolute atomic E-state index is 0.00456. The second kappa shape index (κ2) is 7.74. The van der Waals surface area contributed by atoms with Crippen molar-refractivity contribution in [3.8, 4) is 0 Å². The van der Waals surface area contributed by atoms with E-state index < -0.39 is 16.1 Å². The summed E-state index contributed by atoms with van der Waals surface area (Å²) >= 11 is 0. The maximum atomic E-state index is 12.3. The van der Waals surface area contributed by atoms with Gasteiger partial charge in [0.15, 0.2) is 0 Å². The lowest BCUT2D eigenvalue weighted by atomic mass is 9.98. The predicted octanol–water partition coefficient (Wildman–Crippen LogP) is 0.116. The Morgan fingerprint density at radius 2 is 2.10 bits per heavy atom. The number of sulfonamides is 1. The number of amides is 1. The minimum atomic E-state index is -3.44. The van der Waals surface area contributed by atoms with Gasteiger partial charge in [-0.05, 0) is 26.2 Å². The Kier molecular flexibility index (Phi) is 6.60. The molecule has 1 N–H and O–H groups in total. The molecule has 2 atom stereocenters. The molecular weight excluding hydrogens is 296 g/mol. The third-order valence-corrected chi connectivity index (χ3v) is 5.13. The van der Waals surface area contributed by atoms with Crippen molar-refractivity contribution < 1.29 is 22.7 Å². The summed E-state index contributed by atoms with van der Waals surface area (Å²) in [5, 5.41) is 0. The highest BCUT2D eigenvalue weighted by molar-refractivity contribution is 7.89. The van der Waals surface area contributed by atoms with Crippen LogP contribution in [0.15, 0.2) is 0 Å². The number of carbonyl (C=O) groups is 2. The molecule has 0 aromatic heterocycles. The average Bonchev–Trinajstić information content (AvgIpc) is 2.45. The van der Waals surface area contributed by atoms with Gasteiger partial charge in [0.05, 0.1) is 24.8 Å². The Bertz CT molecular complexity index is 477. The fraction of sp³-hybridized carbons (Fsp3) is 0.846. The molecule has 21 heavy (non-hydrogen) atoms. The Morgan fingerprint density at radius 1 is 1.43 bits per heavy atom. The first-order valence-corrected chi connectivity index (χ1v) is 8.82. The minimum Gasteiger partial charge on any atom is -0.469 e. The fourth-order valence-corrected chi connectivity index (χ4v) is 3.75. The summed E-state index contributed by atoms with van der Waals surface area (Å²) in [4.78, 5) is 25.4. The maximum Gasteiger partial charge on any atom is 0.310 e. The van der Waals surface area contributed by atoms with Crippen LogP contribution in [0.5, 0.6) is 0 Å². The summed E-state index contributed by atoms with van der Waals surface area (Å²) in [6, 6.07) is -0.821. The average molecular weight is 320 g/mol. The molecule has 7 nitrogen and oxygen atoms in total. The first kappa shape index (κ1) is 17.9. The number of carbonyl (C=O) groups excluding carboxylic acids is 2. The number of ether oxygens (including phenoxy) is 1. The second-order valence-electron chi connectivity index (χ2n) is 5.30. The van der Waals surface area contributed by atoms with E-state index >= 15 is 0 Å². The molecule has 1 heterocycles. The number of likely N-dealkylation sites (tertiary alicyclic amines) is 1. The van der Waals surface area contributed by atoms with Crippen LogP contribution in [0.2, 0.25) is 0 Å². The van der Waals surface area contributed by atoms with E-state index in [1.54, 1.807) is 6.92 Å². The molecule has 1 rings (SSSR count). The van der Waals surface area contributed by atoms with Crippen LogP contribution in [0.4, 0.5) is 0 Å². The van der Waals surface area contributed by atoms with E-state index in [1.807, 2.05) is 0 Å². The van der Waals surface area contributed by atoms with Crippen molar-refractivity contribution >= 4 is 21.9 Å². The number of piperidine rings is 1. The van der Waals surface area contributed by atoms with Gasteiger partial charge in [0.1, 0.15) is 0 Å². The van der Waals surface area contributed by atoms with E-state index in [-0.39, 0.29) is 30.1 Å². The van der Waals surface area contributed by atoms with E-state index in [4.69, 9.17) is 4.74 Å². The summed E-state index contributed by atoms with van der Waals surface area (Å²) in [6.45, 7) is 4.10. The molecule has 0 aromatic carbocycles. The topological polar surface area (TPSA) is 92.8 Å². The zero-order valence-electron chi connectivity index (χ0n) is 12.8. The van der Waals surface area contributed by atoms with Crippen LogP contribution in [0.1, 0.15) is 33.1 Å². The molecule has 1 amide bonds. The van der Waals surface area contributed by atoms with E-state index in [9.17, 15) is 18.0 Å². The third-order valence-electron chi connectivity index (χ3n) is 3.47. The summed E-state index contributed by atoms with van der Waals surface area (Å²) in [5.74, 6) is -0.961. The Hall–Kier alpha value is -1.15. The van der Waals surface area contributed by atoms with Crippen molar-refractivity contribution in [2.45, 2.75) is 39.2 Å². The van der Waals surface area contributed by atoms with Crippen LogP contribution in [0, 0.1) is 5.92 Å². The van der Waals surface area contributed by atoms with Crippen LogP contribution in [-0.2, 0) is 24.3 Å². The SMILES string of the molecule is CCCS(=O)(=O)NC(C)C(=O)N1CCCC(C(=O)OC)C1. The quantitative estimate of drug-likeness (QED) is 0.702. The van der Waals surface area contributed by atoms with Crippen LogP contribution in [0.25, 0.3) is 0 Å². The molecule has 122 valence electrons.